The van der Waals surface area contributed by atoms with E-state index in [1.54, 1.807) is 0 Å². The maximum atomic E-state index is 5.60. The molecule has 0 saturated heterocycles. The Morgan fingerprint density at radius 2 is 2.27 bits per heavy atom. The second kappa shape index (κ2) is 1.95. The Bertz CT molecular complexity index is 390. The zero-order chi connectivity index (χ0) is 7.84. The average Bonchev–Trinajstić information content (AvgIpc) is 2.31. The highest BCUT2D eigenvalue weighted by molar-refractivity contribution is 5.86. The predicted octanol–water partition coefficient (Wildman–Crippen LogP) is 0.849. The number of aromatic nitrogens is 3. The Hall–Kier alpha value is -1.58. The highest BCUT2D eigenvalue weighted by Gasteiger charge is 2.01. The van der Waals surface area contributed by atoms with Crippen LogP contribution >= 0.6 is 0 Å². The molecule has 2 aromatic rings. The Balaban J connectivity index is 2.90. The molecule has 0 atom stereocenters. The summed E-state index contributed by atoms with van der Waals surface area (Å²) >= 11 is 0. The minimum Gasteiger partial charge on any atom is -0.383 e. The molecule has 2 aromatic heterocycles. The fourth-order valence-corrected chi connectivity index (χ4v) is 1.09. The fraction of sp³-hybridized carbons (Fsp3) is 0.143. The highest BCUT2D eigenvalue weighted by Crippen LogP contribution is 2.16. The number of nitrogens with zero attached hydrogens (tertiary/aromatic N) is 2. The highest BCUT2D eigenvalue weighted by atomic mass is 15.0. The van der Waals surface area contributed by atoms with E-state index in [0.717, 1.165) is 16.7 Å². The molecule has 56 valence electrons. The Morgan fingerprint density at radius 3 is 3.00 bits per heavy atom. The van der Waals surface area contributed by atoms with Crippen molar-refractivity contribution in [3.63, 3.8) is 0 Å². The molecule has 0 aliphatic rings. The topological polar surface area (TPSA) is 67.6 Å². The van der Waals surface area contributed by atoms with Crippen LogP contribution in [0.5, 0.6) is 0 Å². The quantitative estimate of drug-likeness (QED) is 0.582. The average molecular weight is 148 g/mol. The second-order valence-electron chi connectivity index (χ2n) is 2.47. The van der Waals surface area contributed by atoms with Crippen molar-refractivity contribution in [1.82, 2.24) is 15.0 Å². The van der Waals surface area contributed by atoms with E-state index >= 15 is 0 Å². The van der Waals surface area contributed by atoms with Gasteiger partial charge in [0.15, 0.2) is 0 Å². The molecule has 0 spiro atoms. The fourth-order valence-electron chi connectivity index (χ4n) is 1.09. The van der Waals surface area contributed by atoms with Crippen LogP contribution in [0.3, 0.4) is 0 Å². The van der Waals surface area contributed by atoms with Crippen LogP contribution in [0.4, 0.5) is 5.82 Å². The standard InChI is InChI=1S/C7H8N4/c1-4-2-5-6(8)9-3-10-7(5)11-4/h2-3H,1H3,(H3,8,9,10,11). The number of rotatable bonds is 0. The van der Waals surface area contributed by atoms with Crippen molar-refractivity contribution in [2.45, 2.75) is 6.92 Å². The molecule has 0 aliphatic heterocycles. The number of nitrogens with one attached hydrogen (secondary N) is 1. The SMILES string of the molecule is Cc1cc2c(N)ncnc2[nH]1. The van der Waals surface area contributed by atoms with E-state index in [0.29, 0.717) is 5.82 Å². The van der Waals surface area contributed by atoms with Crippen LogP contribution in [0.25, 0.3) is 11.0 Å². The summed E-state index contributed by atoms with van der Waals surface area (Å²) in [5.41, 5.74) is 7.45. The van der Waals surface area contributed by atoms with Gasteiger partial charge in [-0.25, -0.2) is 9.97 Å². The summed E-state index contributed by atoms with van der Waals surface area (Å²) in [6.45, 7) is 1.96. The number of fused-ring (bicyclic) bond motifs is 1. The van der Waals surface area contributed by atoms with Gasteiger partial charge in [-0.15, -0.1) is 0 Å². The molecular weight excluding hydrogens is 140 g/mol. The molecule has 0 aromatic carbocycles. The number of H-pyrrole nitrogens is 1. The molecule has 0 unspecified atom stereocenters. The molecular formula is C7H8N4. The Morgan fingerprint density at radius 1 is 1.45 bits per heavy atom. The predicted molar refractivity (Wildman–Crippen MR) is 43.0 cm³/mol. The van der Waals surface area contributed by atoms with Gasteiger partial charge in [-0.2, -0.15) is 0 Å². The third-order valence-electron chi connectivity index (χ3n) is 1.59. The minimum atomic E-state index is 0.527. The molecule has 11 heavy (non-hydrogen) atoms. The largest absolute Gasteiger partial charge is 0.383 e. The number of hydrogen-bond donors (Lipinski definition) is 2. The van der Waals surface area contributed by atoms with Crippen LogP contribution in [0, 0.1) is 6.92 Å². The Labute approximate surface area is 63.5 Å². The molecule has 0 bridgehead atoms. The summed E-state index contributed by atoms with van der Waals surface area (Å²) in [5, 5.41) is 0.894. The molecule has 3 N–H and O–H groups in total. The number of nitrogens with two attached hydrogens (primary N) is 1. The van der Waals surface area contributed by atoms with Crippen LogP contribution in [-0.2, 0) is 0 Å². The lowest BCUT2D eigenvalue weighted by molar-refractivity contribution is 1.19. The van der Waals surface area contributed by atoms with Crippen LogP contribution in [0.15, 0.2) is 12.4 Å². The van der Waals surface area contributed by atoms with Crippen molar-refractivity contribution in [1.29, 1.82) is 0 Å². The molecule has 2 heterocycles. The summed E-state index contributed by atoms with van der Waals surface area (Å²) in [6, 6.07) is 1.94. The third kappa shape index (κ3) is 0.832. The number of anilines is 1. The molecule has 0 fully saturated rings. The second-order valence-corrected chi connectivity index (χ2v) is 2.47. The minimum absolute atomic E-state index is 0.527. The lowest BCUT2D eigenvalue weighted by atomic mass is 10.3. The summed E-state index contributed by atoms with van der Waals surface area (Å²) in [4.78, 5) is 11.0. The lowest BCUT2D eigenvalue weighted by Gasteiger charge is -1.90. The Kier molecular flexibility index (Phi) is 1.09. The van der Waals surface area contributed by atoms with E-state index in [9.17, 15) is 0 Å². The van der Waals surface area contributed by atoms with Gasteiger partial charge in [0, 0.05) is 5.69 Å². The lowest BCUT2D eigenvalue weighted by Crippen LogP contribution is -1.90. The van der Waals surface area contributed by atoms with E-state index < -0.39 is 0 Å². The van der Waals surface area contributed by atoms with E-state index in [1.807, 2.05) is 13.0 Å². The molecule has 0 radical (unpaired) electrons. The van der Waals surface area contributed by atoms with Gasteiger partial charge in [0.05, 0.1) is 5.39 Å². The van der Waals surface area contributed by atoms with Crippen molar-refractivity contribution in [2.75, 3.05) is 5.73 Å². The number of aryl methyl sites for hydroxylation is 1. The van der Waals surface area contributed by atoms with Gasteiger partial charge in [-0.3, -0.25) is 0 Å². The van der Waals surface area contributed by atoms with Crippen molar-refractivity contribution in [3.05, 3.63) is 18.1 Å². The molecule has 4 nitrogen and oxygen atoms in total. The van der Waals surface area contributed by atoms with Crippen LogP contribution in [-0.4, -0.2) is 15.0 Å². The zero-order valence-corrected chi connectivity index (χ0v) is 6.13. The van der Waals surface area contributed by atoms with Crippen molar-refractivity contribution < 1.29 is 0 Å². The van der Waals surface area contributed by atoms with Gasteiger partial charge < -0.3 is 10.7 Å². The smallest absolute Gasteiger partial charge is 0.143 e. The number of nitrogen functional groups attached to an aromatic ring is 1. The number of aromatic amines is 1. The van der Waals surface area contributed by atoms with Gasteiger partial charge in [0.1, 0.15) is 17.8 Å². The first-order valence-electron chi connectivity index (χ1n) is 3.33. The number of hydrogen-bond acceptors (Lipinski definition) is 3. The first-order valence-corrected chi connectivity index (χ1v) is 3.33. The van der Waals surface area contributed by atoms with Gasteiger partial charge in [-0.1, -0.05) is 0 Å². The summed E-state index contributed by atoms with van der Waals surface area (Å²) in [7, 11) is 0. The maximum absolute atomic E-state index is 5.60. The maximum Gasteiger partial charge on any atom is 0.143 e. The summed E-state index contributed by atoms with van der Waals surface area (Å²) in [5.74, 6) is 0.527. The third-order valence-corrected chi connectivity index (χ3v) is 1.59. The van der Waals surface area contributed by atoms with Crippen LogP contribution in [0.2, 0.25) is 0 Å². The van der Waals surface area contributed by atoms with E-state index in [2.05, 4.69) is 15.0 Å². The first-order chi connectivity index (χ1) is 5.27. The molecule has 0 amide bonds. The van der Waals surface area contributed by atoms with Gasteiger partial charge in [0.25, 0.3) is 0 Å². The molecule has 0 aliphatic carbocycles. The van der Waals surface area contributed by atoms with Gasteiger partial charge >= 0.3 is 0 Å². The molecule has 2 rings (SSSR count). The first kappa shape index (κ1) is 6.15. The van der Waals surface area contributed by atoms with Crippen molar-refractivity contribution >= 4 is 16.9 Å². The van der Waals surface area contributed by atoms with Crippen molar-refractivity contribution in [3.8, 4) is 0 Å². The zero-order valence-electron chi connectivity index (χ0n) is 6.13. The molecule has 0 saturated carbocycles. The summed E-state index contributed by atoms with van der Waals surface area (Å²) in [6.07, 6.45) is 1.45. The monoisotopic (exact) mass is 148 g/mol. The summed E-state index contributed by atoms with van der Waals surface area (Å²) < 4.78 is 0. The van der Waals surface area contributed by atoms with Crippen LogP contribution in [0.1, 0.15) is 5.69 Å². The van der Waals surface area contributed by atoms with Gasteiger partial charge in [0.2, 0.25) is 0 Å². The van der Waals surface area contributed by atoms with E-state index in [1.165, 1.54) is 6.33 Å². The van der Waals surface area contributed by atoms with Crippen molar-refractivity contribution in [2.24, 2.45) is 0 Å². The normalized spacial score (nSPS) is 10.6. The van der Waals surface area contributed by atoms with E-state index in [-0.39, 0.29) is 0 Å². The van der Waals surface area contributed by atoms with E-state index in [4.69, 9.17) is 5.73 Å². The van der Waals surface area contributed by atoms with Crippen LogP contribution < -0.4 is 5.73 Å². The van der Waals surface area contributed by atoms with Gasteiger partial charge in [-0.05, 0) is 13.0 Å². The molecule has 4 heteroatoms.